The molecule has 2 aromatic carbocycles. The summed E-state index contributed by atoms with van der Waals surface area (Å²) in [6.45, 7) is 4.00. The van der Waals surface area contributed by atoms with E-state index in [0.717, 1.165) is 34.2 Å². The number of pyridine rings is 1. The molecule has 0 amide bonds. The number of fused-ring (bicyclic) bond motifs is 3. The largest absolute Gasteiger partial charge is 0.383 e. The molecule has 1 aliphatic carbocycles. The van der Waals surface area contributed by atoms with Crippen LogP contribution in [-0.4, -0.2) is 4.98 Å². The van der Waals surface area contributed by atoms with Gasteiger partial charge in [-0.15, -0.1) is 0 Å². The highest BCUT2D eigenvalue weighted by Crippen LogP contribution is 2.45. The molecule has 5 heteroatoms. The number of halogens is 2. The Balaban J connectivity index is 0.00000102. The second kappa shape index (κ2) is 8.00. The smallest absolute Gasteiger partial charge is 0.141 e. The molecule has 1 atom stereocenters. The first-order valence-corrected chi connectivity index (χ1v) is 9.57. The molecule has 1 heterocycles. The van der Waals surface area contributed by atoms with E-state index in [-0.39, 0.29) is 11.7 Å². The predicted octanol–water partition coefficient (Wildman–Crippen LogP) is 6.22. The topological polar surface area (TPSA) is 62.7 Å². The Morgan fingerprint density at radius 3 is 2.56 bits per heavy atom. The molecule has 27 heavy (non-hydrogen) atoms. The van der Waals surface area contributed by atoms with Crippen LogP contribution in [0.15, 0.2) is 48.7 Å². The Bertz CT molecular complexity index is 1040. The zero-order valence-electron chi connectivity index (χ0n) is 15.1. The van der Waals surface area contributed by atoms with Crippen LogP contribution in [0.1, 0.15) is 42.0 Å². The third-order valence-electron chi connectivity index (χ3n) is 4.67. The number of anilines is 1. The van der Waals surface area contributed by atoms with Gasteiger partial charge in [0.05, 0.1) is 10.0 Å². The fraction of sp³-hybridized carbons (Fsp3) is 0.182. The third-order valence-corrected chi connectivity index (χ3v) is 5.41. The maximum atomic E-state index is 9.55. The van der Waals surface area contributed by atoms with Gasteiger partial charge in [0.2, 0.25) is 0 Å². The summed E-state index contributed by atoms with van der Waals surface area (Å²) in [7, 11) is 0. The quantitative estimate of drug-likeness (QED) is 0.531. The van der Waals surface area contributed by atoms with Crippen molar-refractivity contribution in [1.82, 2.24) is 4.98 Å². The van der Waals surface area contributed by atoms with Crippen LogP contribution in [-0.2, 0) is 6.42 Å². The zero-order valence-corrected chi connectivity index (χ0v) is 16.6. The molecule has 1 aromatic heterocycles. The molecule has 0 spiro atoms. The van der Waals surface area contributed by atoms with Gasteiger partial charge in [0.1, 0.15) is 17.5 Å². The Morgan fingerprint density at radius 1 is 1.11 bits per heavy atom. The van der Waals surface area contributed by atoms with Crippen molar-refractivity contribution in [2.75, 3.05) is 5.73 Å². The molecule has 0 radical (unpaired) electrons. The molecule has 0 saturated carbocycles. The summed E-state index contributed by atoms with van der Waals surface area (Å²) in [6.07, 6.45) is 2.50. The first kappa shape index (κ1) is 19.2. The summed E-state index contributed by atoms with van der Waals surface area (Å²) in [5.74, 6) is 0.388. The summed E-state index contributed by atoms with van der Waals surface area (Å²) in [4.78, 5) is 4.20. The Hall–Kier alpha value is -2.54. The molecule has 2 N–H and O–H groups in total. The van der Waals surface area contributed by atoms with Crippen molar-refractivity contribution in [1.29, 1.82) is 5.26 Å². The first-order chi connectivity index (χ1) is 13.1. The Kier molecular flexibility index (Phi) is 5.70. The van der Waals surface area contributed by atoms with E-state index in [0.29, 0.717) is 15.6 Å². The predicted molar refractivity (Wildman–Crippen MR) is 112 cm³/mol. The normalized spacial score (nSPS) is 14.3. The van der Waals surface area contributed by atoms with Gasteiger partial charge in [-0.05, 0) is 40.8 Å². The van der Waals surface area contributed by atoms with E-state index in [9.17, 15) is 5.26 Å². The number of hydrogen-bond acceptors (Lipinski definition) is 3. The zero-order chi connectivity index (χ0) is 19.6. The summed E-state index contributed by atoms with van der Waals surface area (Å²) >= 11 is 12.3. The van der Waals surface area contributed by atoms with Crippen LogP contribution in [0.4, 0.5) is 5.82 Å². The van der Waals surface area contributed by atoms with Gasteiger partial charge in [-0.3, -0.25) is 0 Å². The molecule has 136 valence electrons. The van der Waals surface area contributed by atoms with E-state index < -0.39 is 0 Å². The SMILES string of the molecule is CC.N#Cc1c(N)ncc2c1-c1ccccc1[C@@H](c1ccc(Cl)c(Cl)c1)C2. The number of hydrogen-bond donors (Lipinski definition) is 1. The minimum atomic E-state index is 0.121. The molecule has 3 nitrogen and oxygen atoms in total. The monoisotopic (exact) mass is 395 g/mol. The number of rotatable bonds is 1. The minimum Gasteiger partial charge on any atom is -0.383 e. The molecule has 0 saturated heterocycles. The van der Waals surface area contributed by atoms with E-state index in [1.807, 2.05) is 50.2 Å². The van der Waals surface area contributed by atoms with Gasteiger partial charge in [0, 0.05) is 17.7 Å². The molecule has 0 aliphatic heterocycles. The van der Waals surface area contributed by atoms with E-state index in [1.54, 1.807) is 6.20 Å². The summed E-state index contributed by atoms with van der Waals surface area (Å²) in [6, 6.07) is 16.0. The van der Waals surface area contributed by atoms with Crippen molar-refractivity contribution in [2.45, 2.75) is 26.2 Å². The summed E-state index contributed by atoms with van der Waals surface area (Å²) in [5, 5.41) is 10.6. The van der Waals surface area contributed by atoms with Crippen molar-refractivity contribution in [3.8, 4) is 17.2 Å². The fourth-order valence-electron chi connectivity index (χ4n) is 3.53. The maximum absolute atomic E-state index is 9.55. The van der Waals surface area contributed by atoms with Crippen LogP contribution >= 0.6 is 23.2 Å². The molecule has 1 aliphatic rings. The van der Waals surface area contributed by atoms with Gasteiger partial charge in [-0.1, -0.05) is 67.4 Å². The van der Waals surface area contributed by atoms with Crippen molar-refractivity contribution in [3.05, 3.63) is 81.0 Å². The lowest BCUT2D eigenvalue weighted by molar-refractivity contribution is 0.789. The number of nitrogen functional groups attached to an aromatic ring is 1. The van der Waals surface area contributed by atoms with Gasteiger partial charge in [0.25, 0.3) is 0 Å². The van der Waals surface area contributed by atoms with Gasteiger partial charge >= 0.3 is 0 Å². The standard InChI is InChI=1S/C20H13Cl2N3.C2H6/c21-17-6-5-11(8-18(17)22)15-7-12-10-25-20(24)16(9-23)19(12)14-4-2-1-3-13(14)15;1-2/h1-6,8,10,15H,7H2,(H2,24,25);1-2H3/t15-;/m1./s1. The highest BCUT2D eigenvalue weighted by molar-refractivity contribution is 6.42. The van der Waals surface area contributed by atoms with E-state index in [1.165, 1.54) is 0 Å². The Labute approximate surface area is 169 Å². The van der Waals surface area contributed by atoms with Crippen LogP contribution in [0, 0.1) is 11.3 Å². The van der Waals surface area contributed by atoms with E-state index in [2.05, 4.69) is 17.1 Å². The van der Waals surface area contributed by atoms with Crippen LogP contribution in [0.3, 0.4) is 0 Å². The average molecular weight is 396 g/mol. The minimum absolute atomic E-state index is 0.121. The van der Waals surface area contributed by atoms with E-state index >= 15 is 0 Å². The molecular formula is C22H19Cl2N3. The number of nitriles is 1. The molecule has 3 aromatic rings. The summed E-state index contributed by atoms with van der Waals surface area (Å²) < 4.78 is 0. The molecule has 0 unspecified atom stereocenters. The lowest BCUT2D eigenvalue weighted by Crippen LogP contribution is -2.15. The van der Waals surface area contributed by atoms with Crippen LogP contribution in [0.2, 0.25) is 10.0 Å². The van der Waals surface area contributed by atoms with Crippen LogP contribution in [0.25, 0.3) is 11.1 Å². The number of benzene rings is 2. The molecular weight excluding hydrogens is 377 g/mol. The highest BCUT2D eigenvalue weighted by atomic mass is 35.5. The van der Waals surface area contributed by atoms with Gasteiger partial charge in [-0.25, -0.2) is 4.98 Å². The van der Waals surface area contributed by atoms with Crippen LogP contribution in [0.5, 0.6) is 0 Å². The molecule has 0 fully saturated rings. The Morgan fingerprint density at radius 2 is 1.85 bits per heavy atom. The molecule has 4 rings (SSSR count). The van der Waals surface area contributed by atoms with Crippen molar-refractivity contribution in [3.63, 3.8) is 0 Å². The van der Waals surface area contributed by atoms with Crippen molar-refractivity contribution in [2.24, 2.45) is 0 Å². The summed E-state index contributed by atoms with van der Waals surface area (Å²) in [5.41, 5.74) is 11.5. The van der Waals surface area contributed by atoms with E-state index in [4.69, 9.17) is 28.9 Å². The second-order valence-corrected chi connectivity index (χ2v) is 6.86. The third kappa shape index (κ3) is 3.39. The van der Waals surface area contributed by atoms with Gasteiger partial charge in [-0.2, -0.15) is 5.26 Å². The van der Waals surface area contributed by atoms with Crippen molar-refractivity contribution >= 4 is 29.0 Å². The first-order valence-electron chi connectivity index (χ1n) is 8.82. The maximum Gasteiger partial charge on any atom is 0.141 e. The van der Waals surface area contributed by atoms with Gasteiger partial charge in [0.15, 0.2) is 0 Å². The molecule has 0 bridgehead atoms. The lowest BCUT2D eigenvalue weighted by atomic mass is 9.75. The number of nitrogens with two attached hydrogens (primary N) is 1. The van der Waals surface area contributed by atoms with Gasteiger partial charge < -0.3 is 5.73 Å². The highest BCUT2D eigenvalue weighted by Gasteiger charge is 2.29. The van der Waals surface area contributed by atoms with Crippen molar-refractivity contribution < 1.29 is 0 Å². The second-order valence-electron chi connectivity index (χ2n) is 6.05. The average Bonchev–Trinajstić information content (AvgIpc) is 2.71. The number of aromatic nitrogens is 1. The fourth-order valence-corrected chi connectivity index (χ4v) is 3.83. The lowest BCUT2D eigenvalue weighted by Gasteiger charge is -2.29. The van der Waals surface area contributed by atoms with Crippen LogP contribution < -0.4 is 5.73 Å². The number of nitrogens with zero attached hydrogens (tertiary/aromatic N) is 2.